The van der Waals surface area contributed by atoms with E-state index in [0.717, 1.165) is 12.1 Å². The van der Waals surface area contributed by atoms with E-state index in [1.807, 2.05) is 6.92 Å². The molecule has 0 aromatic carbocycles. The van der Waals surface area contributed by atoms with E-state index in [1.165, 1.54) is 6.33 Å². The van der Waals surface area contributed by atoms with Crippen LogP contribution in [0, 0.1) is 0 Å². The molecule has 3 N–H and O–H groups in total. The molecule has 0 unspecified atom stereocenters. The minimum Gasteiger partial charge on any atom is -0.409 e. The highest BCUT2D eigenvalue weighted by atomic mass is 16.4. The van der Waals surface area contributed by atoms with E-state index in [0.29, 0.717) is 5.69 Å². The molecule has 0 saturated heterocycles. The van der Waals surface area contributed by atoms with Gasteiger partial charge in [-0.15, -0.1) is 0 Å². The van der Waals surface area contributed by atoms with Crippen LogP contribution in [0.15, 0.2) is 17.5 Å². The summed E-state index contributed by atoms with van der Waals surface area (Å²) in [6, 6.07) is 1.69. The zero-order chi connectivity index (χ0) is 8.97. The molecule has 1 heterocycles. The molecular weight excluding hydrogens is 156 g/mol. The second-order valence-electron chi connectivity index (χ2n) is 2.23. The van der Waals surface area contributed by atoms with Crippen LogP contribution >= 0.6 is 0 Å². The van der Waals surface area contributed by atoms with Crippen molar-refractivity contribution in [2.75, 3.05) is 0 Å². The Morgan fingerprint density at radius 3 is 3.00 bits per heavy atom. The molecule has 0 aliphatic carbocycles. The fourth-order valence-corrected chi connectivity index (χ4v) is 0.782. The summed E-state index contributed by atoms with van der Waals surface area (Å²) in [5.74, 6) is 0.00657. The summed E-state index contributed by atoms with van der Waals surface area (Å²) in [5, 5.41) is 11.2. The van der Waals surface area contributed by atoms with Crippen molar-refractivity contribution in [3.63, 3.8) is 0 Å². The van der Waals surface area contributed by atoms with Crippen molar-refractivity contribution < 1.29 is 5.21 Å². The Labute approximate surface area is 69.9 Å². The third-order valence-corrected chi connectivity index (χ3v) is 1.46. The molecular formula is C7H10N4O. The number of hydrogen-bond acceptors (Lipinski definition) is 4. The third-order valence-electron chi connectivity index (χ3n) is 1.46. The van der Waals surface area contributed by atoms with Gasteiger partial charge in [0, 0.05) is 5.69 Å². The number of hydrogen-bond donors (Lipinski definition) is 2. The summed E-state index contributed by atoms with van der Waals surface area (Å²) in [4.78, 5) is 7.80. The van der Waals surface area contributed by atoms with E-state index in [-0.39, 0.29) is 5.84 Å². The van der Waals surface area contributed by atoms with Crippen molar-refractivity contribution in [3.05, 3.63) is 23.8 Å². The van der Waals surface area contributed by atoms with E-state index in [9.17, 15) is 0 Å². The summed E-state index contributed by atoms with van der Waals surface area (Å²) < 4.78 is 0. The van der Waals surface area contributed by atoms with Crippen LogP contribution < -0.4 is 5.73 Å². The highest BCUT2D eigenvalue weighted by Crippen LogP contribution is 1.97. The van der Waals surface area contributed by atoms with Gasteiger partial charge in [-0.1, -0.05) is 12.1 Å². The van der Waals surface area contributed by atoms with Gasteiger partial charge in [-0.3, -0.25) is 0 Å². The van der Waals surface area contributed by atoms with E-state index in [4.69, 9.17) is 10.9 Å². The largest absolute Gasteiger partial charge is 0.409 e. The fraction of sp³-hybridized carbons (Fsp3) is 0.286. The number of rotatable bonds is 2. The number of aryl methyl sites for hydroxylation is 1. The van der Waals surface area contributed by atoms with Gasteiger partial charge in [-0.2, -0.15) is 0 Å². The number of nitrogens with two attached hydrogens (primary N) is 1. The first kappa shape index (κ1) is 8.45. The molecule has 5 nitrogen and oxygen atoms in total. The molecule has 1 aromatic rings. The maximum Gasteiger partial charge on any atom is 0.188 e. The number of aromatic nitrogens is 2. The molecule has 1 rings (SSSR count). The maximum atomic E-state index is 8.35. The molecule has 5 heteroatoms. The number of nitrogens with zero attached hydrogens (tertiary/aromatic N) is 3. The molecule has 0 fully saturated rings. The first-order valence-electron chi connectivity index (χ1n) is 3.56. The Morgan fingerprint density at radius 1 is 1.67 bits per heavy atom. The van der Waals surface area contributed by atoms with Crippen molar-refractivity contribution in [2.45, 2.75) is 13.3 Å². The fourth-order valence-electron chi connectivity index (χ4n) is 0.782. The van der Waals surface area contributed by atoms with Crippen LogP contribution in [-0.4, -0.2) is 21.0 Å². The van der Waals surface area contributed by atoms with Gasteiger partial charge in [0.05, 0.1) is 0 Å². The maximum absolute atomic E-state index is 8.35. The molecule has 12 heavy (non-hydrogen) atoms. The molecule has 0 radical (unpaired) electrons. The molecule has 0 aliphatic heterocycles. The van der Waals surface area contributed by atoms with Crippen LogP contribution in [0.1, 0.15) is 18.3 Å². The summed E-state index contributed by atoms with van der Waals surface area (Å²) >= 11 is 0. The van der Waals surface area contributed by atoms with E-state index >= 15 is 0 Å². The lowest BCUT2D eigenvalue weighted by molar-refractivity contribution is 0.318. The van der Waals surface area contributed by atoms with Crippen LogP contribution in [0.4, 0.5) is 0 Å². The molecule has 0 bridgehead atoms. The second kappa shape index (κ2) is 3.66. The van der Waals surface area contributed by atoms with Crippen LogP contribution in [0.5, 0.6) is 0 Å². The van der Waals surface area contributed by atoms with Crippen molar-refractivity contribution in [1.82, 2.24) is 9.97 Å². The summed E-state index contributed by atoms with van der Waals surface area (Å²) in [5.41, 5.74) is 6.64. The van der Waals surface area contributed by atoms with E-state index < -0.39 is 0 Å². The van der Waals surface area contributed by atoms with Crippen LogP contribution in [0.25, 0.3) is 0 Å². The Kier molecular flexibility index (Phi) is 2.57. The second-order valence-corrected chi connectivity index (χ2v) is 2.23. The van der Waals surface area contributed by atoms with Crippen molar-refractivity contribution in [1.29, 1.82) is 0 Å². The number of amidine groups is 1. The summed E-state index contributed by atoms with van der Waals surface area (Å²) in [7, 11) is 0. The lowest BCUT2D eigenvalue weighted by atomic mass is 10.2. The SMILES string of the molecule is CCc1cc(/C(N)=N/O)ncn1. The standard InChI is InChI=1S/C7H10N4O/c1-2-5-3-6(7(8)11-12)10-4-9-5/h3-4,12H,2H2,1H3,(H2,8,11). The molecule has 0 spiro atoms. The molecule has 0 aliphatic rings. The zero-order valence-corrected chi connectivity index (χ0v) is 6.73. The van der Waals surface area contributed by atoms with Gasteiger partial charge in [0.25, 0.3) is 0 Å². The van der Waals surface area contributed by atoms with Gasteiger partial charge < -0.3 is 10.9 Å². The molecule has 0 amide bonds. The Hall–Kier alpha value is -1.65. The minimum absolute atomic E-state index is 0.00657. The Balaban J connectivity index is 3.02. The minimum atomic E-state index is 0.00657. The topological polar surface area (TPSA) is 84.4 Å². The van der Waals surface area contributed by atoms with Gasteiger partial charge in [-0.25, -0.2) is 9.97 Å². The van der Waals surface area contributed by atoms with Gasteiger partial charge in [0.15, 0.2) is 5.84 Å². The first-order valence-corrected chi connectivity index (χ1v) is 3.56. The van der Waals surface area contributed by atoms with Gasteiger partial charge in [0.2, 0.25) is 0 Å². The number of oxime groups is 1. The predicted octanol–water partition coefficient (Wildman–Crippen LogP) is 0.133. The summed E-state index contributed by atoms with van der Waals surface area (Å²) in [6.45, 7) is 1.97. The molecule has 64 valence electrons. The Bertz CT molecular complexity index is 297. The van der Waals surface area contributed by atoms with Crippen LogP contribution in [-0.2, 0) is 6.42 Å². The molecule has 0 saturated carbocycles. The summed E-state index contributed by atoms with van der Waals surface area (Å²) in [6.07, 6.45) is 2.19. The normalized spacial score (nSPS) is 11.6. The lowest BCUT2D eigenvalue weighted by Gasteiger charge is -1.98. The highest BCUT2D eigenvalue weighted by Gasteiger charge is 2.01. The average molecular weight is 166 g/mol. The Morgan fingerprint density at radius 2 is 2.42 bits per heavy atom. The highest BCUT2D eigenvalue weighted by molar-refractivity contribution is 5.95. The average Bonchev–Trinajstić information content (AvgIpc) is 2.17. The van der Waals surface area contributed by atoms with Gasteiger partial charge in [0.1, 0.15) is 12.0 Å². The lowest BCUT2D eigenvalue weighted by Crippen LogP contribution is -2.15. The smallest absolute Gasteiger partial charge is 0.188 e. The zero-order valence-electron chi connectivity index (χ0n) is 6.73. The van der Waals surface area contributed by atoms with Crippen molar-refractivity contribution in [2.24, 2.45) is 10.9 Å². The molecule has 0 atom stereocenters. The van der Waals surface area contributed by atoms with E-state index in [1.54, 1.807) is 6.07 Å². The van der Waals surface area contributed by atoms with Crippen molar-refractivity contribution >= 4 is 5.84 Å². The first-order chi connectivity index (χ1) is 5.77. The van der Waals surface area contributed by atoms with E-state index in [2.05, 4.69) is 15.1 Å². The van der Waals surface area contributed by atoms with Crippen molar-refractivity contribution in [3.8, 4) is 0 Å². The predicted molar refractivity (Wildman–Crippen MR) is 43.9 cm³/mol. The monoisotopic (exact) mass is 166 g/mol. The quantitative estimate of drug-likeness (QED) is 0.283. The van der Waals surface area contributed by atoms with Crippen LogP contribution in [0.2, 0.25) is 0 Å². The van der Waals surface area contributed by atoms with Gasteiger partial charge >= 0.3 is 0 Å². The van der Waals surface area contributed by atoms with Crippen LogP contribution in [0.3, 0.4) is 0 Å². The molecule has 1 aromatic heterocycles. The third kappa shape index (κ3) is 1.69. The van der Waals surface area contributed by atoms with Gasteiger partial charge in [-0.05, 0) is 12.5 Å².